The van der Waals surface area contributed by atoms with Gasteiger partial charge in [-0.15, -0.1) is 0 Å². The number of rotatable bonds is 2. The number of halogens is 2. The first-order valence-corrected chi connectivity index (χ1v) is 6.41. The SMILES string of the molecule is Cc1nn(C)cc1C(=O)Nc1cc(Br)ccc1Cl. The van der Waals surface area contributed by atoms with E-state index in [1.165, 1.54) is 0 Å². The van der Waals surface area contributed by atoms with Gasteiger partial charge in [0.05, 0.1) is 22.0 Å². The Labute approximate surface area is 118 Å². The summed E-state index contributed by atoms with van der Waals surface area (Å²) in [6.07, 6.45) is 1.68. The van der Waals surface area contributed by atoms with Crippen molar-refractivity contribution in [3.8, 4) is 0 Å². The maximum absolute atomic E-state index is 12.1. The Balaban J connectivity index is 2.26. The smallest absolute Gasteiger partial charge is 0.259 e. The Morgan fingerprint density at radius 1 is 1.50 bits per heavy atom. The van der Waals surface area contributed by atoms with Gasteiger partial charge in [0.1, 0.15) is 0 Å². The second-order valence-electron chi connectivity index (χ2n) is 3.88. The van der Waals surface area contributed by atoms with Crippen molar-refractivity contribution in [3.63, 3.8) is 0 Å². The zero-order chi connectivity index (χ0) is 13.3. The minimum atomic E-state index is -0.222. The molecule has 0 spiro atoms. The number of carbonyl (C=O) groups excluding carboxylic acids is 1. The van der Waals surface area contributed by atoms with Crippen molar-refractivity contribution in [2.75, 3.05) is 5.32 Å². The highest BCUT2D eigenvalue weighted by atomic mass is 79.9. The number of nitrogens with one attached hydrogen (secondary N) is 1. The number of nitrogens with zero attached hydrogens (tertiary/aromatic N) is 2. The second kappa shape index (κ2) is 5.12. The Morgan fingerprint density at radius 2 is 2.22 bits per heavy atom. The van der Waals surface area contributed by atoms with Crippen LogP contribution in [-0.2, 0) is 7.05 Å². The average Bonchev–Trinajstić information content (AvgIpc) is 2.63. The summed E-state index contributed by atoms with van der Waals surface area (Å²) < 4.78 is 2.46. The van der Waals surface area contributed by atoms with Crippen LogP contribution in [0.25, 0.3) is 0 Å². The summed E-state index contributed by atoms with van der Waals surface area (Å²) in [5.41, 5.74) is 1.79. The molecule has 6 heteroatoms. The van der Waals surface area contributed by atoms with Crippen LogP contribution in [-0.4, -0.2) is 15.7 Å². The van der Waals surface area contributed by atoms with Gasteiger partial charge >= 0.3 is 0 Å². The summed E-state index contributed by atoms with van der Waals surface area (Å²) in [5.74, 6) is -0.222. The van der Waals surface area contributed by atoms with Gasteiger partial charge in [0.25, 0.3) is 5.91 Å². The second-order valence-corrected chi connectivity index (χ2v) is 5.20. The van der Waals surface area contributed by atoms with Crippen molar-refractivity contribution in [3.05, 3.63) is 45.1 Å². The number of benzene rings is 1. The topological polar surface area (TPSA) is 46.9 Å². The first-order chi connectivity index (χ1) is 8.47. The largest absolute Gasteiger partial charge is 0.320 e. The lowest BCUT2D eigenvalue weighted by atomic mass is 10.2. The standard InChI is InChI=1S/C12H11BrClN3O/c1-7-9(6-17(2)16-7)12(18)15-11-5-8(13)3-4-10(11)14/h3-6H,1-2H3,(H,15,18). The van der Waals surface area contributed by atoms with Crippen molar-refractivity contribution >= 4 is 39.1 Å². The number of amides is 1. The van der Waals surface area contributed by atoms with Crippen molar-refractivity contribution in [1.29, 1.82) is 0 Å². The summed E-state index contributed by atoms with van der Waals surface area (Å²) in [5, 5.41) is 7.39. The summed E-state index contributed by atoms with van der Waals surface area (Å²) in [7, 11) is 1.77. The molecule has 0 bridgehead atoms. The molecule has 1 aromatic heterocycles. The normalized spacial score (nSPS) is 10.4. The summed E-state index contributed by atoms with van der Waals surface area (Å²) in [6, 6.07) is 5.29. The van der Waals surface area contributed by atoms with Crippen LogP contribution in [0.15, 0.2) is 28.9 Å². The van der Waals surface area contributed by atoms with E-state index >= 15 is 0 Å². The molecule has 2 rings (SSSR count). The van der Waals surface area contributed by atoms with Crippen LogP contribution in [0.3, 0.4) is 0 Å². The monoisotopic (exact) mass is 327 g/mol. The van der Waals surface area contributed by atoms with E-state index in [1.54, 1.807) is 37.0 Å². The van der Waals surface area contributed by atoms with Crippen LogP contribution < -0.4 is 5.32 Å². The Hall–Kier alpha value is -1.33. The van der Waals surface area contributed by atoms with Gasteiger partial charge in [-0.1, -0.05) is 27.5 Å². The minimum Gasteiger partial charge on any atom is -0.320 e. The van der Waals surface area contributed by atoms with Crippen LogP contribution in [0.5, 0.6) is 0 Å². The number of hydrogen-bond acceptors (Lipinski definition) is 2. The summed E-state index contributed by atoms with van der Waals surface area (Å²) in [6.45, 7) is 1.79. The number of aryl methyl sites for hydroxylation is 2. The summed E-state index contributed by atoms with van der Waals surface area (Å²) in [4.78, 5) is 12.1. The molecule has 0 aliphatic heterocycles. The van der Waals surface area contributed by atoms with E-state index in [0.29, 0.717) is 22.0 Å². The molecule has 94 valence electrons. The van der Waals surface area contributed by atoms with Crippen LogP contribution >= 0.6 is 27.5 Å². The van der Waals surface area contributed by atoms with Gasteiger partial charge < -0.3 is 5.32 Å². The molecule has 1 N–H and O–H groups in total. The third kappa shape index (κ3) is 2.73. The molecule has 0 radical (unpaired) electrons. The van der Waals surface area contributed by atoms with Crippen LogP contribution in [0.1, 0.15) is 16.1 Å². The predicted octanol–water partition coefficient (Wildman–Crippen LogP) is 3.40. The molecule has 1 amide bonds. The fraction of sp³-hybridized carbons (Fsp3) is 0.167. The molecule has 0 saturated heterocycles. The van der Waals surface area contributed by atoms with E-state index in [4.69, 9.17) is 11.6 Å². The number of anilines is 1. The minimum absolute atomic E-state index is 0.222. The average molecular weight is 329 g/mol. The molecule has 0 unspecified atom stereocenters. The number of hydrogen-bond donors (Lipinski definition) is 1. The van der Waals surface area contributed by atoms with E-state index in [0.717, 1.165) is 4.47 Å². The first kappa shape index (κ1) is 13.1. The van der Waals surface area contributed by atoms with Gasteiger partial charge in [-0.3, -0.25) is 9.48 Å². The molecule has 0 aliphatic rings. The molecule has 0 fully saturated rings. The molecular formula is C12H11BrClN3O. The third-order valence-corrected chi connectivity index (χ3v) is 3.26. The highest BCUT2D eigenvalue weighted by molar-refractivity contribution is 9.10. The highest BCUT2D eigenvalue weighted by Crippen LogP contribution is 2.26. The predicted molar refractivity (Wildman–Crippen MR) is 75.1 cm³/mol. The quantitative estimate of drug-likeness (QED) is 0.918. The lowest BCUT2D eigenvalue weighted by Crippen LogP contribution is -2.12. The molecule has 1 aromatic carbocycles. The molecule has 4 nitrogen and oxygen atoms in total. The van der Waals surface area contributed by atoms with Crippen molar-refractivity contribution in [2.45, 2.75) is 6.92 Å². The van der Waals surface area contributed by atoms with Crippen molar-refractivity contribution < 1.29 is 4.79 Å². The molecule has 0 atom stereocenters. The Kier molecular flexibility index (Phi) is 3.73. The van der Waals surface area contributed by atoms with Crippen LogP contribution in [0, 0.1) is 6.92 Å². The van der Waals surface area contributed by atoms with E-state index in [9.17, 15) is 4.79 Å². The Morgan fingerprint density at radius 3 is 2.83 bits per heavy atom. The first-order valence-electron chi connectivity index (χ1n) is 5.24. The fourth-order valence-electron chi connectivity index (χ4n) is 1.61. The van der Waals surface area contributed by atoms with Gasteiger partial charge in [0.2, 0.25) is 0 Å². The maximum Gasteiger partial charge on any atom is 0.259 e. The summed E-state index contributed by atoms with van der Waals surface area (Å²) >= 11 is 9.35. The lowest BCUT2D eigenvalue weighted by Gasteiger charge is -2.06. The van der Waals surface area contributed by atoms with E-state index in [1.807, 2.05) is 6.07 Å². The molecular weight excluding hydrogens is 318 g/mol. The Bertz CT molecular complexity index is 609. The molecule has 18 heavy (non-hydrogen) atoms. The maximum atomic E-state index is 12.1. The van der Waals surface area contributed by atoms with Gasteiger partial charge in [-0.2, -0.15) is 5.10 Å². The van der Waals surface area contributed by atoms with Gasteiger partial charge in [0.15, 0.2) is 0 Å². The van der Waals surface area contributed by atoms with Gasteiger partial charge in [-0.05, 0) is 25.1 Å². The van der Waals surface area contributed by atoms with Gasteiger partial charge in [-0.25, -0.2) is 0 Å². The van der Waals surface area contributed by atoms with E-state index < -0.39 is 0 Å². The lowest BCUT2D eigenvalue weighted by molar-refractivity contribution is 0.102. The van der Waals surface area contributed by atoms with Crippen LogP contribution in [0.2, 0.25) is 5.02 Å². The molecule has 2 aromatic rings. The molecule has 1 heterocycles. The van der Waals surface area contributed by atoms with Crippen molar-refractivity contribution in [2.24, 2.45) is 7.05 Å². The van der Waals surface area contributed by atoms with E-state index in [-0.39, 0.29) is 5.91 Å². The molecule has 0 saturated carbocycles. The fourth-order valence-corrected chi connectivity index (χ4v) is 2.13. The van der Waals surface area contributed by atoms with Crippen molar-refractivity contribution in [1.82, 2.24) is 9.78 Å². The third-order valence-electron chi connectivity index (χ3n) is 2.43. The molecule has 0 aliphatic carbocycles. The zero-order valence-corrected chi connectivity index (χ0v) is 12.2. The van der Waals surface area contributed by atoms with Gasteiger partial charge in [0, 0.05) is 17.7 Å². The number of carbonyl (C=O) groups is 1. The highest BCUT2D eigenvalue weighted by Gasteiger charge is 2.14. The zero-order valence-electron chi connectivity index (χ0n) is 9.87. The van der Waals surface area contributed by atoms with Crippen LogP contribution in [0.4, 0.5) is 5.69 Å². The van der Waals surface area contributed by atoms with E-state index in [2.05, 4.69) is 26.3 Å². The number of aromatic nitrogens is 2.